The predicted molar refractivity (Wildman–Crippen MR) is 75.3 cm³/mol. The van der Waals surface area contributed by atoms with Crippen molar-refractivity contribution >= 4 is 11.8 Å². The Morgan fingerprint density at radius 3 is 2.88 bits per heavy atom. The molecule has 0 aliphatic carbocycles. The van der Waals surface area contributed by atoms with Gasteiger partial charge in [-0.2, -0.15) is 11.8 Å². The van der Waals surface area contributed by atoms with Gasteiger partial charge >= 0.3 is 0 Å². The van der Waals surface area contributed by atoms with Gasteiger partial charge in [-0.05, 0) is 32.4 Å². The summed E-state index contributed by atoms with van der Waals surface area (Å²) in [5.41, 5.74) is 0. The normalized spacial score (nSPS) is 29.2. The van der Waals surface area contributed by atoms with Gasteiger partial charge in [-0.1, -0.05) is 20.8 Å². The maximum absolute atomic E-state index is 3.52. The van der Waals surface area contributed by atoms with Crippen LogP contribution in [0.1, 0.15) is 34.1 Å². The molecule has 0 amide bonds. The molecule has 1 saturated heterocycles. The Labute approximate surface area is 106 Å². The second kappa shape index (κ2) is 7.57. The van der Waals surface area contributed by atoms with Gasteiger partial charge < -0.3 is 5.32 Å². The smallest absolute Gasteiger partial charge is 0.0184 e. The molecule has 16 heavy (non-hydrogen) atoms. The van der Waals surface area contributed by atoms with Crippen LogP contribution in [0.5, 0.6) is 0 Å². The fourth-order valence-corrected chi connectivity index (χ4v) is 3.41. The van der Waals surface area contributed by atoms with Crippen molar-refractivity contribution in [2.45, 2.75) is 45.4 Å². The fourth-order valence-electron chi connectivity index (χ4n) is 2.24. The molecule has 3 heteroatoms. The van der Waals surface area contributed by atoms with Crippen LogP contribution in [0.3, 0.4) is 0 Å². The number of nitrogens with zero attached hydrogens (tertiary/aromatic N) is 1. The molecule has 1 fully saturated rings. The Hall–Kier alpha value is 0.270. The van der Waals surface area contributed by atoms with Crippen molar-refractivity contribution in [3.05, 3.63) is 0 Å². The summed E-state index contributed by atoms with van der Waals surface area (Å²) < 4.78 is 0. The average molecular weight is 244 g/mol. The summed E-state index contributed by atoms with van der Waals surface area (Å²) in [6, 6.07) is 0.743. The summed E-state index contributed by atoms with van der Waals surface area (Å²) in [5.74, 6) is 2.07. The van der Waals surface area contributed by atoms with Gasteiger partial charge in [-0.3, -0.25) is 4.90 Å². The Morgan fingerprint density at radius 1 is 1.44 bits per heavy atom. The van der Waals surface area contributed by atoms with Crippen LogP contribution in [0.4, 0.5) is 0 Å². The minimum Gasteiger partial charge on any atom is -0.316 e. The molecular weight excluding hydrogens is 216 g/mol. The highest BCUT2D eigenvalue weighted by Crippen LogP contribution is 2.24. The molecule has 1 aliphatic rings. The van der Waals surface area contributed by atoms with E-state index in [9.17, 15) is 0 Å². The molecule has 0 spiro atoms. The van der Waals surface area contributed by atoms with Gasteiger partial charge in [0.15, 0.2) is 0 Å². The molecule has 0 aromatic rings. The van der Waals surface area contributed by atoms with E-state index in [1.54, 1.807) is 0 Å². The van der Waals surface area contributed by atoms with Crippen molar-refractivity contribution in [3.63, 3.8) is 0 Å². The second-order valence-electron chi connectivity index (χ2n) is 5.12. The Bertz CT molecular complexity index is 187. The third-order valence-corrected chi connectivity index (χ3v) is 4.82. The Kier molecular flexibility index (Phi) is 6.78. The predicted octanol–water partition coefficient (Wildman–Crippen LogP) is 2.45. The maximum atomic E-state index is 3.52. The average Bonchev–Trinajstić information content (AvgIpc) is 2.25. The minimum absolute atomic E-state index is 0.743. The Balaban J connectivity index is 2.23. The summed E-state index contributed by atoms with van der Waals surface area (Å²) >= 11 is 2.12. The standard InChI is InChI=1S/C13H28N2S/c1-5-6-14-9-11(2)10-15-7-8-16-13(4)12(15)3/h11-14H,5-10H2,1-4H3. The molecule has 1 N–H and O–H groups in total. The van der Waals surface area contributed by atoms with Crippen LogP contribution >= 0.6 is 11.8 Å². The van der Waals surface area contributed by atoms with Gasteiger partial charge in [0, 0.05) is 30.1 Å². The van der Waals surface area contributed by atoms with Gasteiger partial charge in [-0.15, -0.1) is 0 Å². The molecular formula is C13H28N2S. The topological polar surface area (TPSA) is 15.3 Å². The quantitative estimate of drug-likeness (QED) is 0.723. The lowest BCUT2D eigenvalue weighted by Crippen LogP contribution is -2.47. The van der Waals surface area contributed by atoms with Crippen LogP contribution in [-0.2, 0) is 0 Å². The lowest BCUT2D eigenvalue weighted by molar-refractivity contribution is 0.184. The van der Waals surface area contributed by atoms with Crippen molar-refractivity contribution in [2.24, 2.45) is 5.92 Å². The van der Waals surface area contributed by atoms with Gasteiger partial charge in [-0.25, -0.2) is 0 Å². The second-order valence-corrected chi connectivity index (χ2v) is 6.61. The van der Waals surface area contributed by atoms with Crippen molar-refractivity contribution in [1.29, 1.82) is 0 Å². The summed E-state index contributed by atoms with van der Waals surface area (Å²) in [5, 5.41) is 4.31. The third-order valence-electron chi connectivity index (χ3n) is 3.48. The van der Waals surface area contributed by atoms with E-state index in [4.69, 9.17) is 0 Å². The number of thioether (sulfide) groups is 1. The highest BCUT2D eigenvalue weighted by atomic mass is 32.2. The minimum atomic E-state index is 0.743. The number of rotatable bonds is 6. The zero-order valence-corrected chi connectivity index (χ0v) is 12.1. The monoisotopic (exact) mass is 244 g/mol. The summed E-state index contributed by atoms with van der Waals surface area (Å²) in [6.45, 7) is 14.2. The van der Waals surface area contributed by atoms with E-state index < -0.39 is 0 Å². The number of nitrogens with one attached hydrogen (secondary N) is 1. The van der Waals surface area contributed by atoms with E-state index in [0.717, 1.165) is 23.8 Å². The molecule has 96 valence electrons. The van der Waals surface area contributed by atoms with Crippen molar-refractivity contribution in [2.75, 3.05) is 31.9 Å². The molecule has 0 aromatic carbocycles. The zero-order valence-electron chi connectivity index (χ0n) is 11.3. The highest BCUT2D eigenvalue weighted by molar-refractivity contribution is 8.00. The molecule has 1 rings (SSSR count). The largest absolute Gasteiger partial charge is 0.316 e. The van der Waals surface area contributed by atoms with E-state index >= 15 is 0 Å². The van der Waals surface area contributed by atoms with Crippen LogP contribution < -0.4 is 5.32 Å². The zero-order chi connectivity index (χ0) is 12.0. The fraction of sp³-hybridized carbons (Fsp3) is 1.00. The molecule has 0 radical (unpaired) electrons. The summed E-state index contributed by atoms with van der Waals surface area (Å²) in [6.07, 6.45) is 1.24. The van der Waals surface area contributed by atoms with E-state index in [0.29, 0.717) is 0 Å². The molecule has 3 unspecified atom stereocenters. The lowest BCUT2D eigenvalue weighted by Gasteiger charge is -2.38. The summed E-state index contributed by atoms with van der Waals surface area (Å²) in [4.78, 5) is 2.67. The van der Waals surface area contributed by atoms with E-state index in [2.05, 4.69) is 49.7 Å². The lowest BCUT2D eigenvalue weighted by atomic mass is 10.1. The SMILES string of the molecule is CCCNCC(C)CN1CCSC(C)C1C. The number of hydrogen-bond donors (Lipinski definition) is 1. The van der Waals surface area contributed by atoms with E-state index in [-0.39, 0.29) is 0 Å². The molecule has 0 aromatic heterocycles. The van der Waals surface area contributed by atoms with Gasteiger partial charge in [0.05, 0.1) is 0 Å². The van der Waals surface area contributed by atoms with Crippen LogP contribution in [0.25, 0.3) is 0 Å². The first-order chi connectivity index (χ1) is 7.65. The molecule has 2 nitrogen and oxygen atoms in total. The first-order valence-electron chi connectivity index (χ1n) is 6.71. The van der Waals surface area contributed by atoms with Crippen LogP contribution in [-0.4, -0.2) is 48.1 Å². The van der Waals surface area contributed by atoms with Crippen LogP contribution in [0, 0.1) is 5.92 Å². The maximum Gasteiger partial charge on any atom is 0.0184 e. The van der Waals surface area contributed by atoms with Gasteiger partial charge in [0.2, 0.25) is 0 Å². The number of hydrogen-bond acceptors (Lipinski definition) is 3. The van der Waals surface area contributed by atoms with Crippen LogP contribution in [0.2, 0.25) is 0 Å². The van der Waals surface area contributed by atoms with E-state index in [1.165, 1.54) is 31.8 Å². The van der Waals surface area contributed by atoms with Crippen molar-refractivity contribution < 1.29 is 0 Å². The van der Waals surface area contributed by atoms with Gasteiger partial charge in [0.25, 0.3) is 0 Å². The third kappa shape index (κ3) is 4.64. The van der Waals surface area contributed by atoms with Crippen LogP contribution in [0.15, 0.2) is 0 Å². The first kappa shape index (κ1) is 14.3. The van der Waals surface area contributed by atoms with Gasteiger partial charge in [0.1, 0.15) is 0 Å². The molecule has 1 heterocycles. The highest BCUT2D eigenvalue weighted by Gasteiger charge is 2.25. The van der Waals surface area contributed by atoms with Crippen molar-refractivity contribution in [3.8, 4) is 0 Å². The van der Waals surface area contributed by atoms with Crippen molar-refractivity contribution in [1.82, 2.24) is 10.2 Å². The summed E-state index contributed by atoms with van der Waals surface area (Å²) in [7, 11) is 0. The molecule has 3 atom stereocenters. The Morgan fingerprint density at radius 2 is 2.19 bits per heavy atom. The first-order valence-corrected chi connectivity index (χ1v) is 7.76. The van der Waals surface area contributed by atoms with E-state index in [1.807, 2.05) is 0 Å². The molecule has 1 aliphatic heterocycles. The molecule has 0 bridgehead atoms. The molecule has 0 saturated carbocycles.